The van der Waals surface area contributed by atoms with Crippen LogP contribution in [0.3, 0.4) is 0 Å². The summed E-state index contributed by atoms with van der Waals surface area (Å²) in [5.74, 6) is -0.337. The molecule has 1 heterocycles. The van der Waals surface area contributed by atoms with E-state index in [1.807, 2.05) is 0 Å². The number of esters is 1. The second kappa shape index (κ2) is 8.62. The molecule has 3 rings (SSSR count). The molecule has 1 aliphatic rings. The van der Waals surface area contributed by atoms with E-state index in [0.29, 0.717) is 29.8 Å². The molecule has 0 aliphatic carbocycles. The van der Waals surface area contributed by atoms with Crippen molar-refractivity contribution in [1.82, 2.24) is 4.31 Å². The highest BCUT2D eigenvalue weighted by molar-refractivity contribution is 7.89. The molecule has 29 heavy (non-hydrogen) atoms. The number of benzene rings is 2. The average Bonchev–Trinajstić information content (AvgIpc) is 3.25. The van der Waals surface area contributed by atoms with Crippen LogP contribution in [0.4, 0.5) is 5.69 Å². The number of hydrogen-bond acceptors (Lipinski definition) is 6. The smallest absolute Gasteiger partial charge is 0.337 e. The Bertz CT molecular complexity index is 987. The summed E-state index contributed by atoms with van der Waals surface area (Å²) >= 11 is 0. The molecular weight excluding hydrogens is 396 g/mol. The molecule has 1 fully saturated rings. The molecular formula is C20H22N2O6S. The van der Waals surface area contributed by atoms with Gasteiger partial charge < -0.3 is 14.8 Å². The maximum Gasteiger partial charge on any atom is 0.337 e. The zero-order valence-corrected chi connectivity index (χ0v) is 16.9. The zero-order valence-electron chi connectivity index (χ0n) is 16.1. The molecule has 0 spiro atoms. The number of nitrogens with one attached hydrogen (secondary N) is 1. The second-order valence-electron chi connectivity index (χ2n) is 6.51. The van der Waals surface area contributed by atoms with Gasteiger partial charge in [0.05, 0.1) is 24.7 Å². The molecule has 1 saturated heterocycles. The van der Waals surface area contributed by atoms with Gasteiger partial charge in [-0.2, -0.15) is 4.31 Å². The van der Waals surface area contributed by atoms with E-state index in [9.17, 15) is 18.0 Å². The topological polar surface area (TPSA) is 102 Å². The van der Waals surface area contributed by atoms with Crippen LogP contribution in [0.2, 0.25) is 0 Å². The van der Waals surface area contributed by atoms with E-state index in [4.69, 9.17) is 4.74 Å². The van der Waals surface area contributed by atoms with Gasteiger partial charge in [-0.05, 0) is 61.4 Å². The number of amides is 1. The van der Waals surface area contributed by atoms with E-state index in [1.54, 1.807) is 24.3 Å². The third kappa shape index (κ3) is 4.41. The lowest BCUT2D eigenvalue weighted by Crippen LogP contribution is -2.43. The molecule has 0 radical (unpaired) electrons. The Labute approximate surface area is 169 Å². The van der Waals surface area contributed by atoms with E-state index in [1.165, 1.54) is 42.8 Å². The third-order valence-corrected chi connectivity index (χ3v) is 6.67. The Hall–Kier alpha value is -2.91. The van der Waals surface area contributed by atoms with Gasteiger partial charge in [-0.15, -0.1) is 0 Å². The molecule has 8 nitrogen and oxygen atoms in total. The first-order chi connectivity index (χ1) is 13.9. The van der Waals surface area contributed by atoms with Crippen LogP contribution >= 0.6 is 0 Å². The van der Waals surface area contributed by atoms with Crippen molar-refractivity contribution in [1.29, 1.82) is 0 Å². The minimum absolute atomic E-state index is 0.112. The summed E-state index contributed by atoms with van der Waals surface area (Å²) in [5.41, 5.74) is 0.825. The van der Waals surface area contributed by atoms with Gasteiger partial charge in [-0.1, -0.05) is 0 Å². The largest absolute Gasteiger partial charge is 0.497 e. The van der Waals surface area contributed by atoms with Crippen LogP contribution in [-0.2, 0) is 19.6 Å². The van der Waals surface area contributed by atoms with Crippen molar-refractivity contribution >= 4 is 27.6 Å². The monoisotopic (exact) mass is 418 g/mol. The highest BCUT2D eigenvalue weighted by Gasteiger charge is 2.39. The van der Waals surface area contributed by atoms with Crippen LogP contribution in [0.15, 0.2) is 53.4 Å². The number of carbonyl (C=O) groups excluding carboxylic acids is 2. The van der Waals surface area contributed by atoms with Gasteiger partial charge in [0, 0.05) is 12.2 Å². The van der Waals surface area contributed by atoms with Crippen molar-refractivity contribution in [3.8, 4) is 5.75 Å². The van der Waals surface area contributed by atoms with E-state index in [2.05, 4.69) is 10.1 Å². The molecule has 9 heteroatoms. The van der Waals surface area contributed by atoms with Crippen molar-refractivity contribution in [3.63, 3.8) is 0 Å². The molecule has 0 unspecified atom stereocenters. The predicted molar refractivity (Wildman–Crippen MR) is 106 cm³/mol. The fraction of sp³-hybridized carbons (Fsp3) is 0.300. The third-order valence-electron chi connectivity index (χ3n) is 4.75. The summed E-state index contributed by atoms with van der Waals surface area (Å²) in [7, 11) is -1.03. The average molecular weight is 418 g/mol. The molecule has 1 aliphatic heterocycles. The fourth-order valence-electron chi connectivity index (χ4n) is 3.21. The Morgan fingerprint density at radius 2 is 1.69 bits per heavy atom. The summed E-state index contributed by atoms with van der Waals surface area (Å²) in [6.07, 6.45) is 1.02. The Morgan fingerprint density at radius 1 is 1.03 bits per heavy atom. The van der Waals surface area contributed by atoms with Gasteiger partial charge >= 0.3 is 5.97 Å². The molecule has 2 aromatic carbocycles. The lowest BCUT2D eigenvalue weighted by molar-refractivity contribution is -0.119. The molecule has 2 aromatic rings. The first-order valence-corrected chi connectivity index (χ1v) is 10.5. The number of carbonyl (C=O) groups is 2. The highest BCUT2D eigenvalue weighted by Crippen LogP contribution is 2.28. The van der Waals surface area contributed by atoms with Crippen LogP contribution in [0.5, 0.6) is 5.75 Å². The second-order valence-corrected chi connectivity index (χ2v) is 8.40. The van der Waals surface area contributed by atoms with Crippen LogP contribution in [0.1, 0.15) is 23.2 Å². The molecule has 1 amide bonds. The van der Waals surface area contributed by atoms with Gasteiger partial charge in [-0.3, -0.25) is 4.79 Å². The van der Waals surface area contributed by atoms with Gasteiger partial charge in [-0.25, -0.2) is 13.2 Å². The van der Waals surface area contributed by atoms with E-state index >= 15 is 0 Å². The maximum atomic E-state index is 13.0. The van der Waals surface area contributed by atoms with E-state index < -0.39 is 27.9 Å². The standard InChI is InChI=1S/C20H22N2O6S/c1-27-16-9-11-17(12-10-16)29(25,26)22-13-3-4-18(22)19(23)21-15-7-5-14(6-8-15)20(24)28-2/h5-12,18H,3-4,13H2,1-2H3,(H,21,23)/t18-/m0/s1. The van der Waals surface area contributed by atoms with E-state index in [-0.39, 0.29) is 11.4 Å². The van der Waals surface area contributed by atoms with Gasteiger partial charge in [0.15, 0.2) is 0 Å². The quantitative estimate of drug-likeness (QED) is 0.722. The number of sulfonamides is 1. The summed E-state index contributed by atoms with van der Waals surface area (Å²) in [6.45, 7) is 0.272. The van der Waals surface area contributed by atoms with Crippen LogP contribution in [-0.4, -0.2) is 51.4 Å². The molecule has 1 atom stereocenters. The van der Waals surface area contributed by atoms with Crippen LogP contribution in [0.25, 0.3) is 0 Å². The number of ether oxygens (including phenoxy) is 2. The predicted octanol–water partition coefficient (Wildman–Crippen LogP) is 2.27. The Kier molecular flexibility index (Phi) is 6.19. The molecule has 1 N–H and O–H groups in total. The Balaban J connectivity index is 1.75. The van der Waals surface area contributed by atoms with Gasteiger partial charge in [0.2, 0.25) is 15.9 Å². The molecule has 0 aromatic heterocycles. The zero-order chi connectivity index (χ0) is 21.0. The van der Waals surface area contributed by atoms with Crippen molar-refractivity contribution in [3.05, 3.63) is 54.1 Å². The lowest BCUT2D eigenvalue weighted by Gasteiger charge is -2.23. The Morgan fingerprint density at radius 3 is 2.28 bits per heavy atom. The minimum atomic E-state index is -3.82. The first kappa shape index (κ1) is 20.8. The molecule has 0 bridgehead atoms. The summed E-state index contributed by atoms with van der Waals surface area (Å²) in [6, 6.07) is 11.5. The summed E-state index contributed by atoms with van der Waals surface area (Å²) < 4.78 is 36.9. The molecule has 0 saturated carbocycles. The van der Waals surface area contributed by atoms with Crippen molar-refractivity contribution in [2.45, 2.75) is 23.8 Å². The number of nitrogens with zero attached hydrogens (tertiary/aromatic N) is 1. The van der Waals surface area contributed by atoms with Crippen molar-refractivity contribution in [2.24, 2.45) is 0 Å². The van der Waals surface area contributed by atoms with Crippen LogP contribution in [0, 0.1) is 0 Å². The van der Waals surface area contributed by atoms with Crippen molar-refractivity contribution < 1.29 is 27.5 Å². The number of methoxy groups -OCH3 is 2. The van der Waals surface area contributed by atoms with Gasteiger partial charge in [0.25, 0.3) is 0 Å². The van der Waals surface area contributed by atoms with Crippen molar-refractivity contribution in [2.75, 3.05) is 26.1 Å². The maximum absolute atomic E-state index is 13.0. The normalized spacial score (nSPS) is 17.0. The first-order valence-electron chi connectivity index (χ1n) is 9.02. The summed E-state index contributed by atoms with van der Waals surface area (Å²) in [5, 5.41) is 2.72. The SMILES string of the molecule is COC(=O)c1ccc(NC(=O)[C@@H]2CCCN2S(=O)(=O)c2ccc(OC)cc2)cc1. The summed E-state index contributed by atoms with van der Waals surface area (Å²) in [4.78, 5) is 24.4. The minimum Gasteiger partial charge on any atom is -0.497 e. The number of anilines is 1. The van der Waals surface area contributed by atoms with E-state index in [0.717, 1.165) is 0 Å². The fourth-order valence-corrected chi connectivity index (χ4v) is 4.86. The van der Waals surface area contributed by atoms with Crippen LogP contribution < -0.4 is 10.1 Å². The van der Waals surface area contributed by atoms with Gasteiger partial charge in [0.1, 0.15) is 11.8 Å². The molecule has 154 valence electrons. The highest BCUT2D eigenvalue weighted by atomic mass is 32.2. The lowest BCUT2D eigenvalue weighted by atomic mass is 10.2. The number of hydrogen-bond donors (Lipinski definition) is 1. The number of rotatable bonds is 6.